The Balaban J connectivity index is 1.18. The molecule has 0 bridgehead atoms. The molecule has 5 rings (SSSR count). The van der Waals surface area contributed by atoms with Crippen molar-refractivity contribution in [2.75, 3.05) is 26.0 Å². The van der Waals surface area contributed by atoms with Gasteiger partial charge in [-0.1, -0.05) is 35.9 Å². The Bertz CT molecular complexity index is 1450. The second-order valence-electron chi connectivity index (χ2n) is 10.4. The quantitative estimate of drug-likeness (QED) is 0.235. The van der Waals surface area contributed by atoms with E-state index in [0.717, 1.165) is 78.1 Å². The molecule has 2 aromatic carbocycles. The van der Waals surface area contributed by atoms with Gasteiger partial charge in [0.25, 0.3) is 0 Å². The summed E-state index contributed by atoms with van der Waals surface area (Å²) < 4.78 is 6.33. The van der Waals surface area contributed by atoms with E-state index in [2.05, 4.69) is 21.4 Å². The number of fused-ring (bicyclic) bond motifs is 1. The summed E-state index contributed by atoms with van der Waals surface area (Å²) >= 11 is 6.53. The maximum atomic E-state index is 12.1. The molecule has 2 N–H and O–H groups in total. The van der Waals surface area contributed by atoms with Crippen LogP contribution in [-0.2, 0) is 11.2 Å². The molecule has 2 atom stereocenters. The minimum Gasteiger partial charge on any atom is -0.490 e. The van der Waals surface area contributed by atoms with Crippen molar-refractivity contribution in [1.29, 1.82) is 0 Å². The van der Waals surface area contributed by atoms with Crippen LogP contribution in [0.1, 0.15) is 31.5 Å². The van der Waals surface area contributed by atoms with E-state index in [1.54, 1.807) is 12.3 Å². The van der Waals surface area contributed by atoms with Gasteiger partial charge in [0.2, 0.25) is 5.91 Å². The van der Waals surface area contributed by atoms with Crippen LogP contribution in [0.5, 0.6) is 5.75 Å². The minimum atomic E-state index is -0.141. The van der Waals surface area contributed by atoms with E-state index in [1.165, 1.54) is 0 Å². The molecule has 39 heavy (non-hydrogen) atoms. The summed E-state index contributed by atoms with van der Waals surface area (Å²) in [5, 5.41) is 4.54. The molecule has 2 aromatic heterocycles. The van der Waals surface area contributed by atoms with Crippen LogP contribution in [0.4, 0.5) is 5.69 Å². The number of benzene rings is 2. The lowest BCUT2D eigenvalue weighted by atomic mass is 9.85. The van der Waals surface area contributed by atoms with Crippen molar-refractivity contribution in [1.82, 2.24) is 19.9 Å². The number of para-hydroxylation sites is 1. The Morgan fingerprint density at radius 1 is 1.18 bits per heavy atom. The number of hydrogen-bond acceptors (Lipinski definition) is 5. The Kier molecular flexibility index (Phi) is 8.59. The summed E-state index contributed by atoms with van der Waals surface area (Å²) in [7, 11) is 3.92. The highest BCUT2D eigenvalue weighted by molar-refractivity contribution is 6.33. The molecule has 0 radical (unpaired) electrons. The van der Waals surface area contributed by atoms with E-state index in [9.17, 15) is 4.79 Å². The number of likely N-dealkylation sites (N-methyl/N-ethyl adjacent to an activating group) is 1. The zero-order valence-corrected chi connectivity index (χ0v) is 23.1. The van der Waals surface area contributed by atoms with E-state index < -0.39 is 0 Å². The molecule has 202 valence electrons. The monoisotopic (exact) mass is 543 g/mol. The van der Waals surface area contributed by atoms with E-state index in [4.69, 9.17) is 21.3 Å². The fourth-order valence-corrected chi connectivity index (χ4v) is 5.31. The van der Waals surface area contributed by atoms with E-state index in [1.807, 2.05) is 73.7 Å². The van der Waals surface area contributed by atoms with Gasteiger partial charge in [-0.3, -0.25) is 4.79 Å². The van der Waals surface area contributed by atoms with E-state index in [0.29, 0.717) is 10.9 Å². The maximum absolute atomic E-state index is 12.1. The highest BCUT2D eigenvalue weighted by Gasteiger charge is 2.25. The van der Waals surface area contributed by atoms with Crippen molar-refractivity contribution in [2.24, 2.45) is 5.92 Å². The first-order valence-corrected chi connectivity index (χ1v) is 13.8. The van der Waals surface area contributed by atoms with Crippen LogP contribution in [0.15, 0.2) is 73.1 Å². The highest BCUT2D eigenvalue weighted by atomic mass is 35.5. The first-order valence-electron chi connectivity index (χ1n) is 13.4. The number of H-pyrrole nitrogens is 1. The summed E-state index contributed by atoms with van der Waals surface area (Å²) in [6, 6.07) is 15.7. The third-order valence-corrected chi connectivity index (χ3v) is 7.29. The number of amides is 1. The summed E-state index contributed by atoms with van der Waals surface area (Å²) in [5.41, 5.74) is 3.56. The van der Waals surface area contributed by atoms with E-state index in [-0.39, 0.29) is 12.0 Å². The number of rotatable bonds is 9. The Labute approximate surface area is 234 Å². The van der Waals surface area contributed by atoms with Crippen molar-refractivity contribution in [2.45, 2.75) is 38.2 Å². The first-order chi connectivity index (χ1) is 18.9. The van der Waals surface area contributed by atoms with Gasteiger partial charge >= 0.3 is 0 Å². The Morgan fingerprint density at radius 3 is 2.82 bits per heavy atom. The molecule has 1 aliphatic carbocycles. The highest BCUT2D eigenvalue weighted by Crippen LogP contribution is 2.34. The fraction of sp³-hybridized carbons (Fsp3) is 0.323. The predicted molar refractivity (Wildman–Crippen MR) is 157 cm³/mol. The molecule has 2 heterocycles. The van der Waals surface area contributed by atoms with Gasteiger partial charge in [0.05, 0.1) is 16.8 Å². The predicted octanol–water partition coefficient (Wildman–Crippen LogP) is 6.51. The number of carbonyl (C=O) groups is 1. The lowest BCUT2D eigenvalue weighted by Crippen LogP contribution is -2.27. The fourth-order valence-electron chi connectivity index (χ4n) is 5.11. The molecule has 7 nitrogen and oxygen atoms in total. The average Bonchev–Trinajstić information content (AvgIpc) is 3.35. The number of nitrogens with zero attached hydrogens (tertiary/aromatic N) is 3. The van der Waals surface area contributed by atoms with Crippen LogP contribution in [0.2, 0.25) is 5.02 Å². The number of hydrogen-bond donors (Lipinski definition) is 2. The van der Waals surface area contributed by atoms with Gasteiger partial charge < -0.3 is 19.9 Å². The van der Waals surface area contributed by atoms with Crippen molar-refractivity contribution in [3.05, 3.63) is 83.9 Å². The molecule has 0 saturated heterocycles. The van der Waals surface area contributed by atoms with Crippen molar-refractivity contribution < 1.29 is 9.53 Å². The summed E-state index contributed by atoms with van der Waals surface area (Å²) in [5.74, 6) is 1.92. The molecule has 4 aromatic rings. The smallest absolute Gasteiger partial charge is 0.248 e. The van der Waals surface area contributed by atoms with Crippen molar-refractivity contribution in [3.8, 4) is 17.0 Å². The standard InChI is InChI=1S/C31H34ClN5O2/c1-37(2)16-6-11-30(38)35-22-12-14-23(15-13-22)39-24-8-5-7-21(17-24)18-29-34-20-27(32)31(36-29)26-19-33-28-10-4-3-9-25(26)28/h3-4,6,9-15,19-21,24,33H,5,7-8,16-18H2,1-2H3,(H,35,38)/b11-6+. The maximum Gasteiger partial charge on any atom is 0.248 e. The minimum absolute atomic E-state index is 0.138. The number of carbonyl (C=O) groups excluding carboxylic acids is 1. The van der Waals surface area contributed by atoms with Gasteiger partial charge in [0.15, 0.2) is 0 Å². The third kappa shape index (κ3) is 7.05. The zero-order chi connectivity index (χ0) is 27.2. The molecule has 1 amide bonds. The van der Waals surface area contributed by atoms with Crippen LogP contribution >= 0.6 is 11.6 Å². The third-order valence-electron chi connectivity index (χ3n) is 7.01. The number of aromatic nitrogens is 3. The van der Waals surface area contributed by atoms with Crippen LogP contribution in [0.3, 0.4) is 0 Å². The van der Waals surface area contributed by atoms with Gasteiger partial charge in [-0.15, -0.1) is 0 Å². The second kappa shape index (κ2) is 12.5. The topological polar surface area (TPSA) is 83.1 Å². The Morgan fingerprint density at radius 2 is 2.00 bits per heavy atom. The van der Waals surface area contributed by atoms with E-state index >= 15 is 0 Å². The van der Waals surface area contributed by atoms with Crippen LogP contribution in [0.25, 0.3) is 22.2 Å². The van der Waals surface area contributed by atoms with Gasteiger partial charge in [0, 0.05) is 53.6 Å². The largest absolute Gasteiger partial charge is 0.490 e. The lowest BCUT2D eigenvalue weighted by Gasteiger charge is -2.29. The Hall–Kier alpha value is -3.68. The van der Waals surface area contributed by atoms with Crippen molar-refractivity contribution >= 4 is 34.1 Å². The zero-order valence-electron chi connectivity index (χ0n) is 22.4. The molecule has 0 spiro atoms. The van der Waals surface area contributed by atoms with Crippen LogP contribution < -0.4 is 10.1 Å². The molecule has 0 aliphatic heterocycles. The number of nitrogens with one attached hydrogen (secondary N) is 2. The first kappa shape index (κ1) is 26.9. The SMILES string of the molecule is CN(C)C/C=C/C(=O)Nc1ccc(OC2CCCC(Cc3ncc(Cl)c(-c4c[nH]c5ccccc45)n3)C2)cc1. The second-order valence-corrected chi connectivity index (χ2v) is 10.8. The normalized spacial score (nSPS) is 17.6. The summed E-state index contributed by atoms with van der Waals surface area (Å²) in [6.45, 7) is 0.720. The van der Waals surface area contributed by atoms with Crippen LogP contribution in [-0.4, -0.2) is 52.5 Å². The van der Waals surface area contributed by atoms with Gasteiger partial charge in [0.1, 0.15) is 11.6 Å². The van der Waals surface area contributed by atoms with Gasteiger partial charge in [-0.25, -0.2) is 9.97 Å². The molecular weight excluding hydrogens is 510 g/mol. The molecule has 1 saturated carbocycles. The summed E-state index contributed by atoms with van der Waals surface area (Å²) in [6.07, 6.45) is 12.2. The molecule has 1 aliphatic rings. The number of halogens is 1. The molecule has 1 fully saturated rings. The van der Waals surface area contributed by atoms with Gasteiger partial charge in [-0.05, 0) is 76.0 Å². The average molecular weight is 544 g/mol. The number of anilines is 1. The number of ether oxygens (including phenoxy) is 1. The number of aromatic amines is 1. The van der Waals surface area contributed by atoms with Crippen LogP contribution in [0, 0.1) is 5.92 Å². The molecule has 8 heteroatoms. The molecular formula is C31H34ClN5O2. The van der Waals surface area contributed by atoms with Crippen molar-refractivity contribution in [3.63, 3.8) is 0 Å². The van der Waals surface area contributed by atoms with Gasteiger partial charge in [-0.2, -0.15) is 0 Å². The molecule has 2 unspecified atom stereocenters. The summed E-state index contributed by atoms with van der Waals surface area (Å²) in [4.78, 5) is 26.8. The lowest BCUT2D eigenvalue weighted by molar-refractivity contribution is -0.111.